The zero-order chi connectivity index (χ0) is 19.7. The van der Waals surface area contributed by atoms with E-state index < -0.39 is 0 Å². The molecular formula is C23H26N2O3. The summed E-state index contributed by atoms with van der Waals surface area (Å²) in [4.78, 5) is 17.1. The van der Waals surface area contributed by atoms with Gasteiger partial charge in [0.25, 0.3) is 0 Å². The van der Waals surface area contributed by atoms with E-state index in [2.05, 4.69) is 42.4 Å². The van der Waals surface area contributed by atoms with Crippen molar-refractivity contribution in [2.45, 2.75) is 31.7 Å². The zero-order valence-corrected chi connectivity index (χ0v) is 16.6. The third kappa shape index (κ3) is 3.11. The first-order valence-electron chi connectivity index (χ1n) is 9.68. The molecule has 3 aromatic rings. The minimum Gasteiger partial charge on any atom is -0.493 e. The standard InChI is InChI=1S/C23H26N2O3/c1-15(19-13-24-20-7-5-4-6-17(19)20)10-21-18-12-23(28-3)22(27-2)11-16(18)8-9-25(21)14-26/h4-7,11-15,21,24H,8-10H2,1-3H3. The molecule has 4 rings (SSSR count). The van der Waals surface area contributed by atoms with E-state index in [-0.39, 0.29) is 6.04 Å². The van der Waals surface area contributed by atoms with Crippen LogP contribution < -0.4 is 9.47 Å². The van der Waals surface area contributed by atoms with Crippen LogP contribution in [0.4, 0.5) is 0 Å². The molecule has 0 saturated carbocycles. The predicted molar refractivity (Wildman–Crippen MR) is 110 cm³/mol. The van der Waals surface area contributed by atoms with Gasteiger partial charge in [0, 0.05) is 23.6 Å². The van der Waals surface area contributed by atoms with E-state index in [1.54, 1.807) is 14.2 Å². The average molecular weight is 378 g/mol. The van der Waals surface area contributed by atoms with E-state index in [9.17, 15) is 4.79 Å². The fraction of sp³-hybridized carbons (Fsp3) is 0.348. The van der Waals surface area contributed by atoms with Gasteiger partial charge in [0.15, 0.2) is 11.5 Å². The van der Waals surface area contributed by atoms with E-state index in [4.69, 9.17) is 9.47 Å². The maximum absolute atomic E-state index is 11.8. The Morgan fingerprint density at radius 3 is 2.71 bits per heavy atom. The lowest BCUT2D eigenvalue weighted by molar-refractivity contribution is -0.120. The van der Waals surface area contributed by atoms with Crippen LogP contribution in [0.3, 0.4) is 0 Å². The normalized spacial score (nSPS) is 17.2. The Bertz CT molecular complexity index is 995. The molecule has 0 radical (unpaired) electrons. The fourth-order valence-electron chi connectivity index (χ4n) is 4.40. The summed E-state index contributed by atoms with van der Waals surface area (Å²) < 4.78 is 11.0. The van der Waals surface area contributed by atoms with Crippen LogP contribution in [-0.2, 0) is 11.2 Å². The third-order valence-corrected chi connectivity index (χ3v) is 5.91. The summed E-state index contributed by atoms with van der Waals surface area (Å²) in [5, 5.41) is 1.25. The Morgan fingerprint density at radius 1 is 1.21 bits per heavy atom. The molecule has 0 fully saturated rings. The molecule has 0 spiro atoms. The van der Waals surface area contributed by atoms with E-state index >= 15 is 0 Å². The van der Waals surface area contributed by atoms with Crippen molar-refractivity contribution in [3.63, 3.8) is 0 Å². The molecule has 5 nitrogen and oxygen atoms in total. The van der Waals surface area contributed by atoms with Gasteiger partial charge < -0.3 is 19.4 Å². The summed E-state index contributed by atoms with van der Waals surface area (Å²) in [6.45, 7) is 2.95. The Kier molecular flexibility index (Phi) is 4.99. The molecule has 1 aliphatic heterocycles. The number of amides is 1. The van der Waals surface area contributed by atoms with Crippen LogP contribution in [0, 0.1) is 0 Å². The van der Waals surface area contributed by atoms with E-state index in [0.29, 0.717) is 11.7 Å². The molecule has 0 saturated heterocycles. The van der Waals surface area contributed by atoms with E-state index in [0.717, 1.165) is 42.6 Å². The molecule has 1 N–H and O–H groups in total. The number of hydrogen-bond donors (Lipinski definition) is 1. The molecule has 1 amide bonds. The van der Waals surface area contributed by atoms with Crippen LogP contribution in [0.15, 0.2) is 42.6 Å². The average Bonchev–Trinajstić information content (AvgIpc) is 3.17. The van der Waals surface area contributed by atoms with Crippen molar-refractivity contribution in [2.24, 2.45) is 0 Å². The smallest absolute Gasteiger partial charge is 0.210 e. The van der Waals surface area contributed by atoms with Gasteiger partial charge >= 0.3 is 0 Å². The highest BCUT2D eigenvalue weighted by atomic mass is 16.5. The number of fused-ring (bicyclic) bond motifs is 2. The summed E-state index contributed by atoms with van der Waals surface area (Å²) in [7, 11) is 3.30. The van der Waals surface area contributed by atoms with Crippen molar-refractivity contribution >= 4 is 17.3 Å². The number of aromatic amines is 1. The summed E-state index contributed by atoms with van der Waals surface area (Å²) in [6.07, 6.45) is 4.75. The molecular weight excluding hydrogens is 352 g/mol. The fourth-order valence-corrected chi connectivity index (χ4v) is 4.40. The summed E-state index contributed by atoms with van der Waals surface area (Å²) in [5.41, 5.74) is 4.82. The summed E-state index contributed by atoms with van der Waals surface area (Å²) in [5.74, 6) is 1.74. The monoisotopic (exact) mass is 378 g/mol. The molecule has 1 aromatic heterocycles. The van der Waals surface area contributed by atoms with Gasteiger partial charge in [0.2, 0.25) is 6.41 Å². The highest BCUT2D eigenvalue weighted by Gasteiger charge is 2.30. The Hall–Kier alpha value is -2.95. The van der Waals surface area contributed by atoms with Crippen molar-refractivity contribution in [3.05, 3.63) is 59.3 Å². The number of H-pyrrole nitrogens is 1. The number of benzene rings is 2. The maximum atomic E-state index is 11.8. The number of hydrogen-bond acceptors (Lipinski definition) is 3. The molecule has 0 bridgehead atoms. The number of carbonyl (C=O) groups excluding carboxylic acids is 1. The second-order valence-corrected chi connectivity index (χ2v) is 7.44. The Labute approximate surface area is 165 Å². The van der Waals surface area contributed by atoms with Gasteiger partial charge in [-0.05, 0) is 53.6 Å². The minimum atomic E-state index is 0.0183. The van der Waals surface area contributed by atoms with Gasteiger partial charge in [-0.1, -0.05) is 25.1 Å². The maximum Gasteiger partial charge on any atom is 0.210 e. The Morgan fingerprint density at radius 2 is 1.96 bits per heavy atom. The molecule has 2 atom stereocenters. The molecule has 5 heteroatoms. The number of nitrogens with one attached hydrogen (secondary N) is 1. The van der Waals surface area contributed by atoms with Gasteiger partial charge in [-0.15, -0.1) is 0 Å². The van der Waals surface area contributed by atoms with Crippen LogP contribution in [0.2, 0.25) is 0 Å². The first-order chi connectivity index (χ1) is 13.7. The summed E-state index contributed by atoms with van der Waals surface area (Å²) in [6, 6.07) is 12.5. The number of nitrogens with zero attached hydrogens (tertiary/aromatic N) is 1. The third-order valence-electron chi connectivity index (χ3n) is 5.91. The van der Waals surface area contributed by atoms with Gasteiger partial charge in [-0.25, -0.2) is 0 Å². The number of aromatic nitrogens is 1. The molecule has 2 heterocycles. The topological polar surface area (TPSA) is 54.6 Å². The molecule has 0 aliphatic carbocycles. The second kappa shape index (κ2) is 7.58. The predicted octanol–water partition coefficient (Wildman–Crippen LogP) is 4.43. The Balaban J connectivity index is 1.70. The first kappa shape index (κ1) is 18.4. The molecule has 146 valence electrons. The van der Waals surface area contributed by atoms with E-state index in [1.807, 2.05) is 17.0 Å². The van der Waals surface area contributed by atoms with E-state index in [1.165, 1.54) is 16.5 Å². The van der Waals surface area contributed by atoms with Crippen molar-refractivity contribution in [1.82, 2.24) is 9.88 Å². The number of para-hydroxylation sites is 1. The quantitative estimate of drug-likeness (QED) is 0.646. The van der Waals surface area contributed by atoms with Crippen molar-refractivity contribution in [2.75, 3.05) is 20.8 Å². The van der Waals surface area contributed by atoms with Gasteiger partial charge in [-0.2, -0.15) is 0 Å². The number of rotatable bonds is 6. The molecule has 2 unspecified atom stereocenters. The molecule has 2 aromatic carbocycles. The largest absolute Gasteiger partial charge is 0.493 e. The van der Waals surface area contributed by atoms with Crippen LogP contribution in [0.25, 0.3) is 10.9 Å². The number of carbonyl (C=O) groups is 1. The highest BCUT2D eigenvalue weighted by molar-refractivity contribution is 5.83. The SMILES string of the molecule is COc1cc2c(cc1OC)C(CC(C)c1c[nH]c3ccccc13)N(C=O)CC2. The molecule has 28 heavy (non-hydrogen) atoms. The van der Waals surface area contributed by atoms with Gasteiger partial charge in [0.1, 0.15) is 0 Å². The van der Waals surface area contributed by atoms with Crippen molar-refractivity contribution in [1.29, 1.82) is 0 Å². The van der Waals surface area contributed by atoms with Gasteiger partial charge in [-0.3, -0.25) is 4.79 Å². The zero-order valence-electron chi connectivity index (χ0n) is 16.6. The van der Waals surface area contributed by atoms with Crippen LogP contribution in [0.1, 0.15) is 42.0 Å². The lowest BCUT2D eigenvalue weighted by atomic mass is 9.85. The highest BCUT2D eigenvalue weighted by Crippen LogP contribution is 2.42. The van der Waals surface area contributed by atoms with Crippen LogP contribution in [0.5, 0.6) is 11.5 Å². The number of ether oxygens (including phenoxy) is 2. The van der Waals surface area contributed by atoms with Crippen molar-refractivity contribution in [3.8, 4) is 11.5 Å². The second-order valence-electron chi connectivity index (χ2n) is 7.44. The minimum absolute atomic E-state index is 0.0183. The van der Waals surface area contributed by atoms with Crippen LogP contribution in [-0.4, -0.2) is 37.1 Å². The first-order valence-corrected chi connectivity index (χ1v) is 9.68. The lowest BCUT2D eigenvalue weighted by Crippen LogP contribution is -2.35. The molecule has 1 aliphatic rings. The summed E-state index contributed by atoms with van der Waals surface area (Å²) >= 11 is 0. The van der Waals surface area contributed by atoms with Gasteiger partial charge in [0.05, 0.1) is 20.3 Å². The van der Waals surface area contributed by atoms with Crippen LogP contribution >= 0.6 is 0 Å². The van der Waals surface area contributed by atoms with Crippen molar-refractivity contribution < 1.29 is 14.3 Å². The lowest BCUT2D eigenvalue weighted by Gasteiger charge is -2.36. The number of methoxy groups -OCH3 is 2.